The van der Waals surface area contributed by atoms with E-state index in [0.717, 1.165) is 6.54 Å². The first-order valence-electron chi connectivity index (χ1n) is 4.68. The van der Waals surface area contributed by atoms with Crippen LogP contribution >= 0.6 is 0 Å². The molecule has 0 aromatic carbocycles. The maximum absolute atomic E-state index is 5.87. The monoisotopic (exact) mass is 153 g/mol. The van der Waals surface area contributed by atoms with E-state index in [1.165, 1.54) is 19.3 Å². The van der Waals surface area contributed by atoms with E-state index in [-0.39, 0.29) is 0 Å². The third kappa shape index (κ3) is 0.703. The number of nitrogens with two attached hydrogens (primary N) is 1. The molecule has 2 saturated carbocycles. The van der Waals surface area contributed by atoms with E-state index in [1.54, 1.807) is 0 Å². The molecular formula is C10H19N. The Kier molecular flexibility index (Phi) is 1.15. The van der Waals surface area contributed by atoms with Crippen molar-refractivity contribution in [1.82, 2.24) is 0 Å². The molecule has 0 heterocycles. The van der Waals surface area contributed by atoms with Crippen molar-refractivity contribution >= 4 is 0 Å². The molecular weight excluding hydrogens is 134 g/mol. The predicted octanol–water partition coefficient (Wildman–Crippen LogP) is 2.16. The fraction of sp³-hybridized carbons (Fsp3) is 1.00. The zero-order valence-corrected chi connectivity index (χ0v) is 7.91. The molecule has 11 heavy (non-hydrogen) atoms. The standard InChI is InChI=1S/C10H19N/c1-8(2)6-10(8,7-11)9(3)4-5-9/h4-7,11H2,1-3H3. The van der Waals surface area contributed by atoms with E-state index in [4.69, 9.17) is 5.73 Å². The Hall–Kier alpha value is -0.0400. The first-order valence-corrected chi connectivity index (χ1v) is 4.68. The molecule has 1 unspecified atom stereocenters. The van der Waals surface area contributed by atoms with Gasteiger partial charge in [0.05, 0.1) is 0 Å². The van der Waals surface area contributed by atoms with E-state index in [1.807, 2.05) is 0 Å². The van der Waals surface area contributed by atoms with Crippen LogP contribution in [0.4, 0.5) is 0 Å². The van der Waals surface area contributed by atoms with E-state index >= 15 is 0 Å². The number of hydrogen-bond donors (Lipinski definition) is 1. The van der Waals surface area contributed by atoms with Gasteiger partial charge in [0.2, 0.25) is 0 Å². The fourth-order valence-electron chi connectivity index (χ4n) is 3.00. The van der Waals surface area contributed by atoms with Gasteiger partial charge in [-0.3, -0.25) is 0 Å². The summed E-state index contributed by atoms with van der Waals surface area (Å²) < 4.78 is 0. The Balaban J connectivity index is 2.22. The minimum absolute atomic E-state index is 0.514. The third-order valence-electron chi connectivity index (χ3n) is 4.42. The highest BCUT2D eigenvalue weighted by Gasteiger charge is 2.72. The summed E-state index contributed by atoms with van der Waals surface area (Å²) in [4.78, 5) is 0. The first kappa shape index (κ1) is 7.60. The molecule has 0 radical (unpaired) electrons. The van der Waals surface area contributed by atoms with Crippen LogP contribution in [0.2, 0.25) is 0 Å². The molecule has 2 aliphatic carbocycles. The van der Waals surface area contributed by atoms with Crippen molar-refractivity contribution in [3.8, 4) is 0 Å². The molecule has 2 N–H and O–H groups in total. The SMILES string of the molecule is CC1(C)CC1(CN)C1(C)CC1. The summed E-state index contributed by atoms with van der Waals surface area (Å²) in [6, 6.07) is 0. The molecule has 0 bridgehead atoms. The van der Waals surface area contributed by atoms with Crippen molar-refractivity contribution in [1.29, 1.82) is 0 Å². The molecule has 1 atom stereocenters. The van der Waals surface area contributed by atoms with Gasteiger partial charge < -0.3 is 5.73 Å². The largest absolute Gasteiger partial charge is 0.330 e. The smallest absolute Gasteiger partial charge is 0.000997 e. The highest BCUT2D eigenvalue weighted by molar-refractivity contribution is 5.21. The Morgan fingerprint density at radius 2 is 1.64 bits per heavy atom. The lowest BCUT2D eigenvalue weighted by Gasteiger charge is -2.25. The first-order chi connectivity index (χ1) is 4.97. The quantitative estimate of drug-likeness (QED) is 0.646. The van der Waals surface area contributed by atoms with E-state index in [9.17, 15) is 0 Å². The van der Waals surface area contributed by atoms with Gasteiger partial charge in [-0.05, 0) is 42.1 Å². The molecule has 0 spiro atoms. The van der Waals surface area contributed by atoms with Gasteiger partial charge in [0.25, 0.3) is 0 Å². The van der Waals surface area contributed by atoms with Crippen molar-refractivity contribution in [3.05, 3.63) is 0 Å². The third-order valence-corrected chi connectivity index (χ3v) is 4.42. The van der Waals surface area contributed by atoms with Crippen LogP contribution in [0.15, 0.2) is 0 Å². The molecule has 64 valence electrons. The Morgan fingerprint density at radius 3 is 1.73 bits per heavy atom. The summed E-state index contributed by atoms with van der Waals surface area (Å²) >= 11 is 0. The highest BCUT2D eigenvalue weighted by atomic mass is 14.8. The second-order valence-corrected chi connectivity index (χ2v) is 5.41. The van der Waals surface area contributed by atoms with E-state index in [0.29, 0.717) is 16.2 Å². The second-order valence-electron chi connectivity index (χ2n) is 5.41. The maximum atomic E-state index is 5.87. The number of rotatable bonds is 2. The van der Waals surface area contributed by atoms with Crippen LogP contribution in [-0.4, -0.2) is 6.54 Å². The lowest BCUT2D eigenvalue weighted by Crippen LogP contribution is -2.29. The highest BCUT2D eigenvalue weighted by Crippen LogP contribution is 2.78. The predicted molar refractivity (Wildman–Crippen MR) is 47.2 cm³/mol. The molecule has 0 aromatic heterocycles. The van der Waals surface area contributed by atoms with Gasteiger partial charge in [0.15, 0.2) is 0 Å². The van der Waals surface area contributed by atoms with Crippen LogP contribution in [0, 0.1) is 16.2 Å². The summed E-state index contributed by atoms with van der Waals surface area (Å²) in [5.74, 6) is 0. The Labute approximate surface area is 69.4 Å². The lowest BCUT2D eigenvalue weighted by atomic mass is 9.81. The Bertz CT molecular complexity index is 191. The summed E-state index contributed by atoms with van der Waals surface area (Å²) in [6.07, 6.45) is 4.17. The molecule has 0 saturated heterocycles. The topological polar surface area (TPSA) is 26.0 Å². The van der Waals surface area contributed by atoms with Gasteiger partial charge in [0, 0.05) is 0 Å². The second kappa shape index (κ2) is 1.66. The van der Waals surface area contributed by atoms with Crippen LogP contribution in [0.25, 0.3) is 0 Å². The van der Waals surface area contributed by atoms with Crippen molar-refractivity contribution in [3.63, 3.8) is 0 Å². The number of hydrogen-bond acceptors (Lipinski definition) is 1. The van der Waals surface area contributed by atoms with E-state index < -0.39 is 0 Å². The van der Waals surface area contributed by atoms with Gasteiger partial charge in [-0.15, -0.1) is 0 Å². The molecule has 0 aliphatic heterocycles. The molecule has 0 amide bonds. The molecule has 0 aromatic rings. The minimum atomic E-state index is 0.514. The van der Waals surface area contributed by atoms with Gasteiger partial charge in [0.1, 0.15) is 0 Å². The Morgan fingerprint density at radius 1 is 1.18 bits per heavy atom. The van der Waals surface area contributed by atoms with E-state index in [2.05, 4.69) is 20.8 Å². The lowest BCUT2D eigenvalue weighted by molar-refractivity contribution is 0.247. The zero-order valence-electron chi connectivity index (χ0n) is 7.91. The average Bonchev–Trinajstić information content (AvgIpc) is 2.73. The normalized spacial score (nSPS) is 43.6. The zero-order chi connectivity index (χ0) is 8.33. The summed E-state index contributed by atoms with van der Waals surface area (Å²) in [5.41, 5.74) is 7.54. The average molecular weight is 153 g/mol. The molecule has 2 fully saturated rings. The molecule has 2 aliphatic rings. The molecule has 1 nitrogen and oxygen atoms in total. The summed E-state index contributed by atoms with van der Waals surface area (Å²) in [5, 5.41) is 0. The molecule has 1 heteroatoms. The van der Waals surface area contributed by atoms with Gasteiger partial charge in [-0.2, -0.15) is 0 Å². The van der Waals surface area contributed by atoms with Gasteiger partial charge in [-0.25, -0.2) is 0 Å². The van der Waals surface area contributed by atoms with Crippen LogP contribution < -0.4 is 5.73 Å². The van der Waals surface area contributed by atoms with Crippen molar-refractivity contribution in [2.24, 2.45) is 22.0 Å². The summed E-state index contributed by atoms with van der Waals surface area (Å²) in [7, 11) is 0. The van der Waals surface area contributed by atoms with Crippen LogP contribution in [0.5, 0.6) is 0 Å². The summed E-state index contributed by atoms with van der Waals surface area (Å²) in [6.45, 7) is 8.04. The van der Waals surface area contributed by atoms with Crippen molar-refractivity contribution in [2.75, 3.05) is 6.54 Å². The fourth-order valence-corrected chi connectivity index (χ4v) is 3.00. The van der Waals surface area contributed by atoms with Crippen LogP contribution in [-0.2, 0) is 0 Å². The minimum Gasteiger partial charge on any atom is -0.330 e. The van der Waals surface area contributed by atoms with Crippen molar-refractivity contribution < 1.29 is 0 Å². The van der Waals surface area contributed by atoms with Gasteiger partial charge in [-0.1, -0.05) is 20.8 Å². The van der Waals surface area contributed by atoms with Crippen LogP contribution in [0.1, 0.15) is 40.0 Å². The molecule has 2 rings (SSSR count). The van der Waals surface area contributed by atoms with Crippen LogP contribution in [0.3, 0.4) is 0 Å². The maximum Gasteiger partial charge on any atom is -0.000997 e. The van der Waals surface area contributed by atoms with Crippen molar-refractivity contribution in [2.45, 2.75) is 40.0 Å². The van der Waals surface area contributed by atoms with Gasteiger partial charge >= 0.3 is 0 Å².